The quantitative estimate of drug-likeness (QED) is 0.688. The predicted molar refractivity (Wildman–Crippen MR) is 78.0 cm³/mol. The summed E-state index contributed by atoms with van der Waals surface area (Å²) in [5, 5.41) is 0. The summed E-state index contributed by atoms with van der Waals surface area (Å²) in [6.45, 7) is 4.00. The van der Waals surface area contributed by atoms with E-state index in [1.165, 1.54) is 12.1 Å². The van der Waals surface area contributed by atoms with E-state index in [1.54, 1.807) is 12.1 Å². The van der Waals surface area contributed by atoms with Crippen LogP contribution < -0.4 is 4.74 Å². The molecule has 1 aromatic heterocycles. The molecule has 1 heterocycles. The Morgan fingerprint density at radius 1 is 1.16 bits per heavy atom. The third kappa shape index (κ3) is 3.73. The zero-order valence-corrected chi connectivity index (χ0v) is 13.5. The maximum Gasteiger partial charge on any atom is 0.223 e. The lowest BCUT2D eigenvalue weighted by Gasteiger charge is -2.10. The van der Waals surface area contributed by atoms with Crippen molar-refractivity contribution in [2.24, 2.45) is 0 Å². The molecule has 100 valence electrons. The molecule has 1 aromatic carbocycles. The summed E-state index contributed by atoms with van der Waals surface area (Å²) < 4.78 is 19.8. The Balaban J connectivity index is 2.32. The number of nitrogens with zero attached hydrogens (tertiary/aromatic N) is 2. The van der Waals surface area contributed by atoms with Crippen molar-refractivity contribution in [2.75, 3.05) is 0 Å². The smallest absolute Gasteiger partial charge is 0.223 e. The van der Waals surface area contributed by atoms with Crippen LogP contribution in [0.2, 0.25) is 0 Å². The van der Waals surface area contributed by atoms with Crippen molar-refractivity contribution >= 4 is 31.9 Å². The minimum absolute atomic E-state index is 0.191. The Morgan fingerprint density at radius 2 is 1.89 bits per heavy atom. The second kappa shape index (κ2) is 5.96. The maximum atomic E-state index is 13.0. The lowest BCUT2D eigenvalue weighted by Crippen LogP contribution is -2.00. The highest BCUT2D eigenvalue weighted by Crippen LogP contribution is 2.30. The van der Waals surface area contributed by atoms with Gasteiger partial charge in [-0.25, -0.2) is 9.37 Å². The van der Waals surface area contributed by atoms with Crippen molar-refractivity contribution in [1.82, 2.24) is 9.97 Å². The molecule has 3 nitrogen and oxygen atoms in total. The van der Waals surface area contributed by atoms with Crippen LogP contribution in [0.5, 0.6) is 11.6 Å². The minimum Gasteiger partial charge on any atom is -0.438 e. The van der Waals surface area contributed by atoms with Gasteiger partial charge in [0, 0.05) is 12.0 Å². The van der Waals surface area contributed by atoms with E-state index in [9.17, 15) is 4.39 Å². The molecule has 19 heavy (non-hydrogen) atoms. The molecule has 0 spiro atoms. The summed E-state index contributed by atoms with van der Waals surface area (Å²) in [5.74, 6) is 1.46. The van der Waals surface area contributed by atoms with Gasteiger partial charge < -0.3 is 4.74 Å². The number of ether oxygens (including phenoxy) is 1. The number of aromatic nitrogens is 2. The lowest BCUT2D eigenvalue weighted by atomic mass is 10.2. The van der Waals surface area contributed by atoms with Crippen molar-refractivity contribution in [1.29, 1.82) is 0 Å². The molecular weight excluding hydrogens is 379 g/mol. The SMILES string of the molecule is CC(C)c1nc(Br)cc(Oc2ccc(F)cc2Br)n1. The first-order valence-corrected chi connectivity index (χ1v) is 7.21. The van der Waals surface area contributed by atoms with Crippen LogP contribution in [0.4, 0.5) is 4.39 Å². The zero-order chi connectivity index (χ0) is 14.0. The molecule has 0 saturated carbocycles. The summed E-state index contributed by atoms with van der Waals surface area (Å²) in [5.41, 5.74) is 0. The van der Waals surface area contributed by atoms with Crippen LogP contribution in [0.3, 0.4) is 0 Å². The molecule has 0 unspecified atom stereocenters. The minimum atomic E-state index is -0.328. The fraction of sp³-hybridized carbons (Fsp3) is 0.231. The van der Waals surface area contributed by atoms with Crippen molar-refractivity contribution in [2.45, 2.75) is 19.8 Å². The van der Waals surface area contributed by atoms with Gasteiger partial charge in [0.15, 0.2) is 0 Å². The number of halogens is 3. The molecule has 0 fully saturated rings. The van der Waals surface area contributed by atoms with Crippen LogP contribution >= 0.6 is 31.9 Å². The largest absolute Gasteiger partial charge is 0.438 e. The Morgan fingerprint density at radius 3 is 2.53 bits per heavy atom. The molecule has 0 bridgehead atoms. The van der Waals surface area contributed by atoms with Gasteiger partial charge in [-0.2, -0.15) is 4.98 Å². The average molecular weight is 390 g/mol. The van der Waals surface area contributed by atoms with Crippen LogP contribution in [0.15, 0.2) is 33.3 Å². The molecule has 0 N–H and O–H groups in total. The third-order valence-electron chi connectivity index (χ3n) is 2.31. The van der Waals surface area contributed by atoms with E-state index < -0.39 is 0 Å². The first-order valence-electron chi connectivity index (χ1n) is 5.63. The van der Waals surface area contributed by atoms with Gasteiger partial charge in [-0.05, 0) is 50.1 Å². The summed E-state index contributed by atoms with van der Waals surface area (Å²) in [7, 11) is 0. The van der Waals surface area contributed by atoms with Crippen molar-refractivity contribution < 1.29 is 9.13 Å². The van der Waals surface area contributed by atoms with E-state index in [0.29, 0.717) is 26.5 Å². The van der Waals surface area contributed by atoms with Gasteiger partial charge in [0.25, 0.3) is 0 Å². The Hall–Kier alpha value is -1.01. The van der Waals surface area contributed by atoms with E-state index in [4.69, 9.17) is 4.74 Å². The maximum absolute atomic E-state index is 13.0. The van der Waals surface area contributed by atoms with Crippen molar-refractivity contribution in [3.8, 4) is 11.6 Å². The van der Waals surface area contributed by atoms with Gasteiger partial charge in [0.2, 0.25) is 5.88 Å². The number of hydrogen-bond donors (Lipinski definition) is 0. The molecular formula is C13H11Br2FN2O. The second-order valence-electron chi connectivity index (χ2n) is 4.22. The molecule has 6 heteroatoms. The monoisotopic (exact) mass is 388 g/mol. The van der Waals surface area contributed by atoms with Crippen LogP contribution in [-0.2, 0) is 0 Å². The van der Waals surface area contributed by atoms with Gasteiger partial charge in [-0.15, -0.1) is 0 Å². The zero-order valence-electron chi connectivity index (χ0n) is 10.3. The van der Waals surface area contributed by atoms with Crippen molar-refractivity contribution in [3.05, 3.63) is 45.0 Å². The van der Waals surface area contributed by atoms with Crippen LogP contribution in [0.25, 0.3) is 0 Å². The molecule has 0 aliphatic heterocycles. The molecule has 2 aromatic rings. The molecule has 2 rings (SSSR count). The Bertz CT molecular complexity index is 605. The summed E-state index contributed by atoms with van der Waals surface area (Å²) >= 11 is 6.57. The summed E-state index contributed by atoms with van der Waals surface area (Å²) in [4.78, 5) is 8.58. The highest BCUT2D eigenvalue weighted by Gasteiger charge is 2.10. The molecule has 0 saturated heterocycles. The molecule has 0 aliphatic rings. The Labute approximate surface area is 127 Å². The molecule has 0 radical (unpaired) electrons. The van der Waals surface area contributed by atoms with E-state index in [-0.39, 0.29) is 11.7 Å². The Kier molecular flexibility index (Phi) is 4.52. The molecule has 0 aliphatic carbocycles. The fourth-order valence-corrected chi connectivity index (χ4v) is 2.20. The summed E-state index contributed by atoms with van der Waals surface area (Å²) in [6.07, 6.45) is 0. The van der Waals surface area contributed by atoms with Gasteiger partial charge in [0.05, 0.1) is 4.47 Å². The standard InChI is InChI=1S/C13H11Br2FN2O/c1-7(2)13-17-11(15)6-12(18-13)19-10-4-3-8(16)5-9(10)14/h3-7H,1-2H3. The first kappa shape index (κ1) is 14.4. The van der Waals surface area contributed by atoms with E-state index in [0.717, 1.165) is 0 Å². The highest BCUT2D eigenvalue weighted by molar-refractivity contribution is 9.10. The van der Waals surface area contributed by atoms with Crippen LogP contribution in [0, 0.1) is 5.82 Å². The van der Waals surface area contributed by atoms with E-state index >= 15 is 0 Å². The normalized spacial score (nSPS) is 10.8. The molecule has 0 amide bonds. The first-order chi connectivity index (χ1) is 8.95. The topological polar surface area (TPSA) is 35.0 Å². The summed E-state index contributed by atoms with van der Waals surface area (Å²) in [6, 6.07) is 5.89. The average Bonchev–Trinajstić information content (AvgIpc) is 2.32. The van der Waals surface area contributed by atoms with Gasteiger partial charge in [0.1, 0.15) is 22.0 Å². The van der Waals surface area contributed by atoms with E-state index in [1.807, 2.05) is 13.8 Å². The lowest BCUT2D eigenvalue weighted by molar-refractivity contribution is 0.451. The third-order valence-corrected chi connectivity index (χ3v) is 3.34. The molecule has 0 atom stereocenters. The van der Waals surface area contributed by atoms with E-state index in [2.05, 4.69) is 41.8 Å². The van der Waals surface area contributed by atoms with Gasteiger partial charge in [-0.1, -0.05) is 13.8 Å². The van der Waals surface area contributed by atoms with Crippen LogP contribution in [-0.4, -0.2) is 9.97 Å². The van der Waals surface area contributed by atoms with Crippen molar-refractivity contribution in [3.63, 3.8) is 0 Å². The second-order valence-corrected chi connectivity index (χ2v) is 5.89. The van der Waals surface area contributed by atoms with Crippen LogP contribution in [0.1, 0.15) is 25.6 Å². The predicted octanol–water partition coefficient (Wildman–Crippen LogP) is 5.06. The number of hydrogen-bond acceptors (Lipinski definition) is 3. The highest BCUT2D eigenvalue weighted by atomic mass is 79.9. The van der Waals surface area contributed by atoms with Gasteiger partial charge in [-0.3, -0.25) is 0 Å². The van der Waals surface area contributed by atoms with Gasteiger partial charge >= 0.3 is 0 Å². The number of rotatable bonds is 3. The fourth-order valence-electron chi connectivity index (χ4n) is 1.39. The number of benzene rings is 1.